The second-order valence-corrected chi connectivity index (χ2v) is 6.64. The molecule has 2 N–H and O–H groups in total. The first-order valence-electron chi connectivity index (χ1n) is 6.51. The molecular weight excluding hydrogens is 280 g/mol. The Kier molecular flexibility index (Phi) is 4.99. The number of carbonyl (C=O) groups excluding carboxylic acids is 1. The molecular formula is C14H19ClN2OS. The second kappa shape index (κ2) is 6.53. The van der Waals surface area contributed by atoms with Gasteiger partial charge in [-0.1, -0.05) is 18.5 Å². The van der Waals surface area contributed by atoms with Gasteiger partial charge in [0.25, 0.3) is 5.91 Å². The summed E-state index contributed by atoms with van der Waals surface area (Å²) in [5.74, 6) is 1.14. The van der Waals surface area contributed by atoms with Crippen molar-refractivity contribution in [1.29, 1.82) is 0 Å². The van der Waals surface area contributed by atoms with Crippen LogP contribution in [-0.4, -0.2) is 30.0 Å². The quantitative estimate of drug-likeness (QED) is 0.898. The maximum absolute atomic E-state index is 11.6. The molecule has 1 amide bonds. The van der Waals surface area contributed by atoms with Crippen molar-refractivity contribution >= 4 is 35.0 Å². The maximum Gasteiger partial charge on any atom is 0.251 e. The molecule has 19 heavy (non-hydrogen) atoms. The molecule has 1 fully saturated rings. The number of rotatable bonds is 3. The zero-order valence-corrected chi connectivity index (χ0v) is 12.8. The van der Waals surface area contributed by atoms with Crippen LogP contribution in [0, 0.1) is 0 Å². The van der Waals surface area contributed by atoms with Crippen molar-refractivity contribution < 1.29 is 4.79 Å². The molecule has 0 aromatic heterocycles. The predicted octanol–water partition coefficient (Wildman–Crippen LogP) is 3.40. The van der Waals surface area contributed by atoms with E-state index in [9.17, 15) is 4.79 Å². The largest absolute Gasteiger partial charge is 0.380 e. The molecule has 2 rings (SSSR count). The van der Waals surface area contributed by atoms with E-state index in [0.29, 0.717) is 21.9 Å². The van der Waals surface area contributed by atoms with Crippen LogP contribution < -0.4 is 10.6 Å². The van der Waals surface area contributed by atoms with Crippen molar-refractivity contribution in [2.75, 3.05) is 18.1 Å². The standard InChI is InChI=1S/C14H19ClN2OS/c1-9-12(4-3-7-19-9)17-13-8-10(14(18)16-2)5-6-11(13)15/h5-6,8-9,12,17H,3-4,7H2,1-2H3,(H,16,18). The van der Waals surface area contributed by atoms with E-state index in [1.165, 1.54) is 12.2 Å². The van der Waals surface area contributed by atoms with Gasteiger partial charge in [-0.05, 0) is 36.8 Å². The number of hydrogen-bond donors (Lipinski definition) is 2. The molecule has 0 aliphatic carbocycles. The Hall–Kier alpha value is -0.870. The van der Waals surface area contributed by atoms with Crippen molar-refractivity contribution in [3.05, 3.63) is 28.8 Å². The van der Waals surface area contributed by atoms with E-state index in [1.807, 2.05) is 17.8 Å². The van der Waals surface area contributed by atoms with Crippen LogP contribution in [0.25, 0.3) is 0 Å². The van der Waals surface area contributed by atoms with Crippen LogP contribution >= 0.6 is 23.4 Å². The molecule has 3 nitrogen and oxygen atoms in total. The smallest absolute Gasteiger partial charge is 0.251 e. The van der Waals surface area contributed by atoms with Gasteiger partial charge >= 0.3 is 0 Å². The number of amides is 1. The highest BCUT2D eigenvalue weighted by Crippen LogP contribution is 2.30. The van der Waals surface area contributed by atoms with Gasteiger partial charge in [-0.15, -0.1) is 0 Å². The highest BCUT2D eigenvalue weighted by atomic mass is 35.5. The molecule has 0 radical (unpaired) electrons. The molecule has 104 valence electrons. The first kappa shape index (κ1) is 14.5. The number of thioether (sulfide) groups is 1. The Morgan fingerprint density at radius 3 is 2.95 bits per heavy atom. The molecule has 0 bridgehead atoms. The fourth-order valence-electron chi connectivity index (χ4n) is 2.23. The first-order chi connectivity index (χ1) is 9.11. The Bertz CT molecular complexity index is 467. The number of anilines is 1. The van der Waals surface area contributed by atoms with E-state index in [0.717, 1.165) is 12.1 Å². The van der Waals surface area contributed by atoms with Gasteiger partial charge in [0.05, 0.1) is 10.7 Å². The SMILES string of the molecule is CNC(=O)c1ccc(Cl)c(NC2CCCSC2C)c1. The molecule has 5 heteroatoms. The van der Waals surface area contributed by atoms with Crippen LogP contribution in [0.5, 0.6) is 0 Å². The van der Waals surface area contributed by atoms with Crippen molar-refractivity contribution in [2.24, 2.45) is 0 Å². The number of benzene rings is 1. The summed E-state index contributed by atoms with van der Waals surface area (Å²) in [5.41, 5.74) is 1.48. The Balaban J connectivity index is 2.16. The molecule has 0 saturated carbocycles. The number of halogens is 1. The molecule has 1 saturated heterocycles. The average molecular weight is 299 g/mol. The molecule has 2 unspecified atom stereocenters. The summed E-state index contributed by atoms with van der Waals surface area (Å²) in [6, 6.07) is 5.75. The Labute approximate surface area is 123 Å². The zero-order chi connectivity index (χ0) is 13.8. The van der Waals surface area contributed by atoms with E-state index < -0.39 is 0 Å². The second-order valence-electron chi connectivity index (χ2n) is 4.74. The first-order valence-corrected chi connectivity index (χ1v) is 7.94. The lowest BCUT2D eigenvalue weighted by molar-refractivity contribution is 0.0963. The molecule has 1 aliphatic rings. The van der Waals surface area contributed by atoms with Crippen LogP contribution in [0.4, 0.5) is 5.69 Å². The summed E-state index contributed by atoms with van der Waals surface area (Å²) in [4.78, 5) is 11.6. The van der Waals surface area contributed by atoms with E-state index >= 15 is 0 Å². The maximum atomic E-state index is 11.6. The lowest BCUT2D eigenvalue weighted by atomic mass is 10.1. The summed E-state index contributed by atoms with van der Waals surface area (Å²) in [5, 5.41) is 7.34. The van der Waals surface area contributed by atoms with E-state index in [2.05, 4.69) is 17.6 Å². The minimum atomic E-state index is -0.0919. The van der Waals surface area contributed by atoms with E-state index in [-0.39, 0.29) is 5.91 Å². The Morgan fingerprint density at radius 2 is 2.26 bits per heavy atom. The summed E-state index contributed by atoms with van der Waals surface area (Å²) >= 11 is 8.19. The lowest BCUT2D eigenvalue weighted by Gasteiger charge is -2.30. The summed E-state index contributed by atoms with van der Waals surface area (Å²) in [7, 11) is 1.63. The van der Waals surface area contributed by atoms with E-state index in [4.69, 9.17) is 11.6 Å². The number of carbonyl (C=O) groups is 1. The summed E-state index contributed by atoms with van der Waals surface area (Å²) < 4.78 is 0. The number of nitrogens with one attached hydrogen (secondary N) is 2. The normalized spacial score (nSPS) is 22.9. The third-order valence-corrected chi connectivity index (χ3v) is 5.11. The van der Waals surface area contributed by atoms with Crippen molar-refractivity contribution in [1.82, 2.24) is 5.32 Å². The predicted molar refractivity (Wildman–Crippen MR) is 83.4 cm³/mol. The van der Waals surface area contributed by atoms with Crippen LogP contribution in [0.3, 0.4) is 0 Å². The van der Waals surface area contributed by atoms with Gasteiger partial charge in [-0.3, -0.25) is 4.79 Å². The number of hydrogen-bond acceptors (Lipinski definition) is 3. The third-order valence-electron chi connectivity index (χ3n) is 3.40. The third kappa shape index (κ3) is 3.57. The molecule has 0 spiro atoms. The minimum absolute atomic E-state index is 0.0919. The fraction of sp³-hybridized carbons (Fsp3) is 0.500. The molecule has 1 aliphatic heterocycles. The zero-order valence-electron chi connectivity index (χ0n) is 11.2. The van der Waals surface area contributed by atoms with Gasteiger partial charge in [-0.25, -0.2) is 0 Å². The van der Waals surface area contributed by atoms with Crippen LogP contribution in [0.1, 0.15) is 30.1 Å². The molecule has 1 aromatic rings. The van der Waals surface area contributed by atoms with Crippen LogP contribution in [0.15, 0.2) is 18.2 Å². The summed E-state index contributed by atoms with van der Waals surface area (Å²) in [6.07, 6.45) is 2.37. The van der Waals surface area contributed by atoms with Gasteiger partial charge in [0.1, 0.15) is 0 Å². The monoisotopic (exact) mass is 298 g/mol. The highest BCUT2D eigenvalue weighted by Gasteiger charge is 2.22. The van der Waals surface area contributed by atoms with Crippen LogP contribution in [-0.2, 0) is 0 Å². The van der Waals surface area contributed by atoms with Crippen molar-refractivity contribution in [3.63, 3.8) is 0 Å². The van der Waals surface area contributed by atoms with Gasteiger partial charge in [0.15, 0.2) is 0 Å². The van der Waals surface area contributed by atoms with Crippen LogP contribution in [0.2, 0.25) is 5.02 Å². The Morgan fingerprint density at radius 1 is 1.47 bits per heavy atom. The van der Waals surface area contributed by atoms with E-state index in [1.54, 1.807) is 19.2 Å². The van der Waals surface area contributed by atoms with Crippen molar-refractivity contribution in [3.8, 4) is 0 Å². The van der Waals surface area contributed by atoms with Gasteiger partial charge < -0.3 is 10.6 Å². The minimum Gasteiger partial charge on any atom is -0.380 e. The topological polar surface area (TPSA) is 41.1 Å². The highest BCUT2D eigenvalue weighted by molar-refractivity contribution is 8.00. The molecule has 2 atom stereocenters. The van der Waals surface area contributed by atoms with Crippen molar-refractivity contribution in [2.45, 2.75) is 31.1 Å². The van der Waals surface area contributed by atoms with Gasteiger partial charge in [0.2, 0.25) is 0 Å². The van der Waals surface area contributed by atoms with Gasteiger partial charge in [0, 0.05) is 23.9 Å². The summed E-state index contributed by atoms with van der Waals surface area (Å²) in [6.45, 7) is 2.23. The van der Waals surface area contributed by atoms with Gasteiger partial charge in [-0.2, -0.15) is 11.8 Å². The fourth-order valence-corrected chi connectivity index (χ4v) is 3.55. The molecule has 1 aromatic carbocycles. The average Bonchev–Trinajstić information content (AvgIpc) is 2.42. The molecule has 1 heterocycles. The lowest BCUT2D eigenvalue weighted by Crippen LogP contribution is -2.33.